The van der Waals surface area contributed by atoms with Crippen molar-refractivity contribution in [2.75, 3.05) is 36.8 Å². The van der Waals surface area contributed by atoms with E-state index in [1.807, 2.05) is 23.1 Å². The van der Waals surface area contributed by atoms with Gasteiger partial charge in [-0.3, -0.25) is 9.69 Å². The Hall–Kier alpha value is -1.60. The molecule has 1 heterocycles. The molecule has 0 spiro atoms. The SMILES string of the molecule is CCSc1cccc(C(=O)N(CCN(CC)CC)c2nc3c(CC)cccc3s2)c1.Cl. The van der Waals surface area contributed by atoms with Crippen LogP contribution in [0.5, 0.6) is 0 Å². The van der Waals surface area contributed by atoms with Gasteiger partial charge in [0, 0.05) is 23.5 Å². The fourth-order valence-corrected chi connectivity index (χ4v) is 5.26. The minimum atomic E-state index is 0. The molecule has 0 fully saturated rings. The number of halogens is 1. The maximum atomic E-state index is 13.6. The summed E-state index contributed by atoms with van der Waals surface area (Å²) in [4.78, 5) is 23.8. The van der Waals surface area contributed by atoms with E-state index in [0.29, 0.717) is 6.54 Å². The van der Waals surface area contributed by atoms with Gasteiger partial charge in [0.05, 0.1) is 10.2 Å². The van der Waals surface area contributed by atoms with Gasteiger partial charge in [-0.2, -0.15) is 0 Å². The number of likely N-dealkylation sites (N-methyl/N-ethyl adjacent to an activating group) is 1. The molecule has 7 heteroatoms. The number of hydrogen-bond acceptors (Lipinski definition) is 5. The number of amides is 1. The average Bonchev–Trinajstić information content (AvgIpc) is 3.21. The first-order valence-electron chi connectivity index (χ1n) is 10.8. The van der Waals surface area contributed by atoms with E-state index in [-0.39, 0.29) is 18.3 Å². The predicted molar refractivity (Wildman–Crippen MR) is 139 cm³/mol. The number of anilines is 1. The van der Waals surface area contributed by atoms with Gasteiger partial charge in [-0.1, -0.05) is 57.2 Å². The zero-order valence-electron chi connectivity index (χ0n) is 18.8. The number of aromatic nitrogens is 1. The Morgan fingerprint density at radius 2 is 1.77 bits per heavy atom. The highest BCUT2D eigenvalue weighted by Crippen LogP contribution is 2.32. The third kappa shape index (κ3) is 6.22. The Labute approximate surface area is 200 Å². The van der Waals surface area contributed by atoms with Gasteiger partial charge in [-0.25, -0.2) is 4.98 Å². The number of benzene rings is 2. The van der Waals surface area contributed by atoms with Crippen molar-refractivity contribution in [1.29, 1.82) is 0 Å². The van der Waals surface area contributed by atoms with Gasteiger partial charge in [-0.15, -0.1) is 24.2 Å². The number of para-hydroxylation sites is 1. The van der Waals surface area contributed by atoms with Gasteiger partial charge in [0.15, 0.2) is 5.13 Å². The minimum Gasteiger partial charge on any atom is -0.302 e. The van der Waals surface area contributed by atoms with Crippen LogP contribution in [0.25, 0.3) is 10.2 Å². The third-order valence-corrected chi connectivity index (χ3v) is 7.19. The van der Waals surface area contributed by atoms with Gasteiger partial charge < -0.3 is 4.90 Å². The number of carbonyl (C=O) groups excluding carboxylic acids is 1. The number of nitrogens with zero attached hydrogens (tertiary/aromatic N) is 3. The second-order valence-corrected chi connectivity index (χ2v) is 9.40. The Morgan fingerprint density at radius 1 is 1.03 bits per heavy atom. The van der Waals surface area contributed by atoms with Crippen LogP contribution in [0.3, 0.4) is 0 Å². The molecule has 0 bridgehead atoms. The smallest absolute Gasteiger partial charge is 0.260 e. The highest BCUT2D eigenvalue weighted by atomic mass is 35.5. The lowest BCUT2D eigenvalue weighted by Gasteiger charge is -2.25. The molecule has 0 atom stereocenters. The molecule has 0 N–H and O–H groups in total. The molecule has 0 saturated heterocycles. The van der Waals surface area contributed by atoms with Crippen LogP contribution in [0.15, 0.2) is 47.4 Å². The summed E-state index contributed by atoms with van der Waals surface area (Å²) < 4.78 is 1.14. The van der Waals surface area contributed by atoms with Crippen molar-refractivity contribution in [1.82, 2.24) is 9.88 Å². The summed E-state index contributed by atoms with van der Waals surface area (Å²) >= 11 is 3.37. The lowest BCUT2D eigenvalue weighted by Crippen LogP contribution is -2.38. The molecule has 0 unspecified atom stereocenters. The molecule has 0 aliphatic rings. The maximum absolute atomic E-state index is 13.6. The monoisotopic (exact) mass is 477 g/mol. The van der Waals surface area contributed by atoms with Gasteiger partial charge >= 0.3 is 0 Å². The number of carbonyl (C=O) groups is 1. The van der Waals surface area contributed by atoms with Crippen LogP contribution in [-0.4, -0.2) is 47.7 Å². The van der Waals surface area contributed by atoms with E-state index in [9.17, 15) is 4.79 Å². The molecule has 3 rings (SSSR count). The van der Waals surface area contributed by atoms with Gasteiger partial charge in [0.1, 0.15) is 0 Å². The zero-order chi connectivity index (χ0) is 21.5. The van der Waals surface area contributed by atoms with Crippen molar-refractivity contribution >= 4 is 56.8 Å². The van der Waals surface area contributed by atoms with Crippen molar-refractivity contribution in [2.24, 2.45) is 0 Å². The van der Waals surface area contributed by atoms with Crippen LogP contribution >= 0.6 is 35.5 Å². The number of thiazole rings is 1. The van der Waals surface area contributed by atoms with Crippen LogP contribution in [-0.2, 0) is 6.42 Å². The fraction of sp³-hybridized carbons (Fsp3) is 0.417. The summed E-state index contributed by atoms with van der Waals surface area (Å²) in [5, 5.41) is 0.789. The zero-order valence-corrected chi connectivity index (χ0v) is 21.2. The quantitative estimate of drug-likeness (QED) is 0.317. The van der Waals surface area contributed by atoms with Gasteiger partial charge in [-0.05, 0) is 55.1 Å². The van der Waals surface area contributed by atoms with E-state index in [1.54, 1.807) is 23.1 Å². The molecule has 3 aromatic rings. The van der Waals surface area contributed by atoms with E-state index in [4.69, 9.17) is 4.98 Å². The van der Waals surface area contributed by atoms with Crippen LogP contribution < -0.4 is 4.90 Å². The summed E-state index contributed by atoms with van der Waals surface area (Å²) in [5.74, 6) is 1.01. The Balaban J connectivity index is 0.00000341. The topological polar surface area (TPSA) is 36.4 Å². The van der Waals surface area contributed by atoms with Crippen LogP contribution in [0.4, 0.5) is 5.13 Å². The lowest BCUT2D eigenvalue weighted by molar-refractivity contribution is 0.0983. The molecular weight excluding hydrogens is 446 g/mol. The molecule has 4 nitrogen and oxygen atoms in total. The average molecular weight is 478 g/mol. The highest BCUT2D eigenvalue weighted by molar-refractivity contribution is 7.99. The first kappa shape index (κ1) is 25.7. The largest absolute Gasteiger partial charge is 0.302 e. The summed E-state index contributed by atoms with van der Waals surface area (Å²) in [6.07, 6.45) is 0.935. The van der Waals surface area contributed by atoms with E-state index >= 15 is 0 Å². The van der Waals surface area contributed by atoms with E-state index in [0.717, 1.165) is 57.6 Å². The Bertz CT molecular complexity index is 988. The standard InChI is InChI=1S/C24H31N3OS2.ClH/c1-5-18-11-10-14-21-22(18)25-24(30-21)27(16-15-26(6-2)7-3)23(28)19-12-9-13-20(17-19)29-8-4;/h9-14,17H,5-8,15-16H2,1-4H3;1H. The Morgan fingerprint density at radius 3 is 2.45 bits per heavy atom. The molecule has 0 saturated carbocycles. The van der Waals surface area contributed by atoms with Crippen molar-refractivity contribution in [3.63, 3.8) is 0 Å². The molecule has 168 valence electrons. The molecule has 0 aliphatic heterocycles. The first-order valence-corrected chi connectivity index (χ1v) is 12.6. The fourth-order valence-electron chi connectivity index (χ4n) is 3.50. The molecule has 0 aliphatic carbocycles. The summed E-state index contributed by atoms with van der Waals surface area (Å²) in [6, 6.07) is 14.3. The van der Waals surface area contributed by atoms with Crippen molar-refractivity contribution < 1.29 is 4.79 Å². The lowest BCUT2D eigenvalue weighted by atomic mass is 10.1. The molecule has 2 aromatic carbocycles. The predicted octanol–water partition coefficient (Wildman–Crippen LogP) is 6.38. The summed E-state index contributed by atoms with van der Waals surface area (Å²) in [7, 11) is 0. The van der Waals surface area contributed by atoms with Crippen molar-refractivity contribution in [3.05, 3.63) is 53.6 Å². The van der Waals surface area contributed by atoms with E-state index in [2.05, 4.69) is 56.9 Å². The van der Waals surface area contributed by atoms with Crippen molar-refractivity contribution in [2.45, 2.75) is 39.0 Å². The van der Waals surface area contributed by atoms with Gasteiger partial charge in [0.25, 0.3) is 5.91 Å². The van der Waals surface area contributed by atoms with E-state index < -0.39 is 0 Å². The third-order valence-electron chi connectivity index (χ3n) is 5.27. The molecule has 1 aromatic heterocycles. The van der Waals surface area contributed by atoms with Crippen LogP contribution in [0.1, 0.15) is 43.6 Å². The molecule has 0 radical (unpaired) electrons. The molecular formula is C24H32ClN3OS2. The number of fused-ring (bicyclic) bond motifs is 1. The van der Waals surface area contributed by atoms with Crippen molar-refractivity contribution in [3.8, 4) is 0 Å². The first-order chi connectivity index (χ1) is 14.6. The second kappa shape index (κ2) is 12.4. The molecule has 1 amide bonds. The maximum Gasteiger partial charge on any atom is 0.260 e. The summed E-state index contributed by atoms with van der Waals surface area (Å²) in [6.45, 7) is 12.0. The normalized spacial score (nSPS) is 11.0. The highest BCUT2D eigenvalue weighted by Gasteiger charge is 2.22. The van der Waals surface area contributed by atoms with E-state index in [1.165, 1.54) is 5.56 Å². The molecule has 31 heavy (non-hydrogen) atoms. The minimum absolute atomic E-state index is 0. The number of thioether (sulfide) groups is 1. The number of aryl methyl sites for hydroxylation is 1. The summed E-state index contributed by atoms with van der Waals surface area (Å²) in [5.41, 5.74) is 2.98. The van der Waals surface area contributed by atoms with Crippen LogP contribution in [0, 0.1) is 0 Å². The van der Waals surface area contributed by atoms with Crippen LogP contribution in [0.2, 0.25) is 0 Å². The Kier molecular flexibility index (Phi) is 10.3. The second-order valence-electron chi connectivity index (χ2n) is 7.06. The van der Waals surface area contributed by atoms with Gasteiger partial charge in [0.2, 0.25) is 0 Å². The number of rotatable bonds is 10. The number of hydrogen-bond donors (Lipinski definition) is 0.